The molecule has 0 aromatic carbocycles. The predicted octanol–water partition coefficient (Wildman–Crippen LogP) is 0.687. The number of ether oxygens (including phenoxy) is 1. The normalized spacial score (nSPS) is 32.0. The molecule has 6 heteroatoms. The number of nitrogens with zero attached hydrogens (tertiary/aromatic N) is 1. The summed E-state index contributed by atoms with van der Waals surface area (Å²) in [7, 11) is 1.41. The maximum Gasteiger partial charge on any atom is 0.328 e. The summed E-state index contributed by atoms with van der Waals surface area (Å²) in [4.78, 5) is 37.3. The standard InChI is InChI=1S/C14H18N2O4/c1-20-13(18)9-4-2-8-3-5-10(12(8)9)16-7-6-11(17)15-14(16)19/h6-10,12H,2-5H2,1H3,(H,15,17,19)/t8-,9+,10-,12+/m0/s1. The first-order valence-electron chi connectivity index (χ1n) is 7.01. The molecular weight excluding hydrogens is 260 g/mol. The van der Waals surface area contributed by atoms with Crippen LogP contribution in [0.3, 0.4) is 0 Å². The predicted molar refractivity (Wildman–Crippen MR) is 71.3 cm³/mol. The average molecular weight is 278 g/mol. The fraction of sp³-hybridized carbons (Fsp3) is 0.643. The summed E-state index contributed by atoms with van der Waals surface area (Å²) in [6, 6.07) is 1.34. The molecule has 0 unspecified atom stereocenters. The number of carbonyl (C=O) groups excluding carboxylic acids is 1. The summed E-state index contributed by atoms with van der Waals surface area (Å²) in [5, 5.41) is 0. The summed E-state index contributed by atoms with van der Waals surface area (Å²) in [5.41, 5.74) is -0.782. The van der Waals surface area contributed by atoms with Gasteiger partial charge in [-0.15, -0.1) is 0 Å². The van der Waals surface area contributed by atoms with Crippen LogP contribution >= 0.6 is 0 Å². The van der Waals surface area contributed by atoms with Crippen LogP contribution < -0.4 is 11.2 Å². The maximum atomic E-state index is 12.0. The third-order valence-electron chi connectivity index (χ3n) is 4.85. The molecule has 20 heavy (non-hydrogen) atoms. The molecule has 0 aliphatic heterocycles. The van der Waals surface area contributed by atoms with E-state index in [4.69, 9.17) is 4.74 Å². The minimum atomic E-state index is -0.392. The van der Waals surface area contributed by atoms with Crippen LogP contribution in [0.25, 0.3) is 0 Å². The van der Waals surface area contributed by atoms with Crippen LogP contribution in [0.4, 0.5) is 0 Å². The summed E-state index contributed by atoms with van der Waals surface area (Å²) < 4.78 is 6.47. The molecule has 1 aromatic rings. The number of esters is 1. The molecule has 108 valence electrons. The molecule has 0 spiro atoms. The number of hydrogen-bond donors (Lipinski definition) is 1. The van der Waals surface area contributed by atoms with Gasteiger partial charge in [0, 0.05) is 18.3 Å². The molecule has 6 nitrogen and oxygen atoms in total. The lowest BCUT2D eigenvalue weighted by atomic mass is 9.89. The van der Waals surface area contributed by atoms with Gasteiger partial charge in [-0.1, -0.05) is 0 Å². The number of rotatable bonds is 2. The molecule has 2 aliphatic carbocycles. The number of hydrogen-bond acceptors (Lipinski definition) is 4. The van der Waals surface area contributed by atoms with Gasteiger partial charge in [0.1, 0.15) is 0 Å². The SMILES string of the molecule is COC(=O)[C@@H]1CC[C@H]2CC[C@H](n3ccc(=O)[nH]c3=O)[C@H]21. The molecule has 1 aromatic heterocycles. The number of nitrogens with one attached hydrogen (secondary N) is 1. The lowest BCUT2D eigenvalue weighted by Crippen LogP contribution is -2.36. The van der Waals surface area contributed by atoms with Gasteiger partial charge >= 0.3 is 11.7 Å². The number of fused-ring (bicyclic) bond motifs is 1. The number of aromatic nitrogens is 2. The molecule has 0 bridgehead atoms. The van der Waals surface area contributed by atoms with Gasteiger partial charge in [0.2, 0.25) is 0 Å². The first-order valence-corrected chi connectivity index (χ1v) is 7.01. The highest BCUT2D eigenvalue weighted by Crippen LogP contribution is 2.52. The Morgan fingerprint density at radius 2 is 2.05 bits per heavy atom. The first-order chi connectivity index (χ1) is 9.61. The number of carbonyl (C=O) groups is 1. The van der Waals surface area contributed by atoms with E-state index in [1.165, 1.54) is 13.2 Å². The van der Waals surface area contributed by atoms with E-state index in [0.717, 1.165) is 25.7 Å². The third-order valence-corrected chi connectivity index (χ3v) is 4.85. The van der Waals surface area contributed by atoms with Crippen molar-refractivity contribution >= 4 is 5.97 Å². The van der Waals surface area contributed by atoms with E-state index in [0.29, 0.717) is 5.92 Å². The summed E-state index contributed by atoms with van der Waals surface area (Å²) in [5.74, 6) is 0.312. The van der Waals surface area contributed by atoms with Gasteiger partial charge in [-0.3, -0.25) is 19.1 Å². The molecule has 3 rings (SSSR count). The van der Waals surface area contributed by atoms with Gasteiger partial charge in [-0.25, -0.2) is 4.79 Å². The van der Waals surface area contributed by atoms with Crippen LogP contribution in [-0.2, 0) is 9.53 Å². The average Bonchev–Trinajstić information content (AvgIpc) is 3.00. The molecule has 2 aliphatic rings. The molecule has 2 saturated carbocycles. The van der Waals surface area contributed by atoms with Gasteiger partial charge in [0.25, 0.3) is 5.56 Å². The maximum absolute atomic E-state index is 12.0. The lowest BCUT2D eigenvalue weighted by Gasteiger charge is -2.25. The molecule has 4 atom stereocenters. The van der Waals surface area contributed by atoms with Gasteiger partial charge in [0.15, 0.2) is 0 Å². The van der Waals surface area contributed by atoms with E-state index >= 15 is 0 Å². The Kier molecular flexibility index (Phi) is 3.23. The summed E-state index contributed by atoms with van der Waals surface area (Å²) >= 11 is 0. The molecule has 0 amide bonds. The van der Waals surface area contributed by atoms with E-state index in [1.54, 1.807) is 10.8 Å². The molecule has 0 radical (unpaired) electrons. The van der Waals surface area contributed by atoms with E-state index in [-0.39, 0.29) is 23.8 Å². The third kappa shape index (κ3) is 1.99. The lowest BCUT2D eigenvalue weighted by molar-refractivity contribution is -0.147. The quantitative estimate of drug-likeness (QED) is 0.807. The zero-order valence-corrected chi connectivity index (χ0v) is 11.4. The van der Waals surface area contributed by atoms with E-state index in [9.17, 15) is 14.4 Å². The Bertz CT molecular complexity index is 633. The molecular formula is C14H18N2O4. The van der Waals surface area contributed by atoms with Crippen LogP contribution in [0.15, 0.2) is 21.9 Å². The highest BCUT2D eigenvalue weighted by atomic mass is 16.5. The van der Waals surface area contributed by atoms with E-state index in [1.807, 2.05) is 0 Å². The Hall–Kier alpha value is -1.85. The summed E-state index contributed by atoms with van der Waals surface area (Å²) in [6.07, 6.45) is 5.28. The number of methoxy groups -OCH3 is 1. The minimum absolute atomic E-state index is 0.0176. The van der Waals surface area contributed by atoms with Crippen molar-refractivity contribution in [3.63, 3.8) is 0 Å². The molecule has 0 saturated heterocycles. The molecule has 2 fully saturated rings. The van der Waals surface area contributed by atoms with Crippen molar-refractivity contribution < 1.29 is 9.53 Å². The van der Waals surface area contributed by atoms with Crippen molar-refractivity contribution in [2.24, 2.45) is 17.8 Å². The number of aromatic amines is 1. The van der Waals surface area contributed by atoms with Gasteiger partial charge < -0.3 is 4.74 Å². The van der Waals surface area contributed by atoms with Gasteiger partial charge in [0.05, 0.1) is 13.0 Å². The van der Waals surface area contributed by atoms with E-state index in [2.05, 4.69) is 4.98 Å². The summed E-state index contributed by atoms with van der Waals surface area (Å²) in [6.45, 7) is 0. The fourth-order valence-electron chi connectivity index (χ4n) is 4.04. The largest absolute Gasteiger partial charge is 0.469 e. The first kappa shape index (κ1) is 13.1. The van der Waals surface area contributed by atoms with Crippen molar-refractivity contribution in [2.45, 2.75) is 31.7 Å². The smallest absolute Gasteiger partial charge is 0.328 e. The van der Waals surface area contributed by atoms with Crippen molar-refractivity contribution in [2.75, 3.05) is 7.11 Å². The topological polar surface area (TPSA) is 81.2 Å². The zero-order valence-electron chi connectivity index (χ0n) is 11.4. The Balaban J connectivity index is 1.96. The highest BCUT2D eigenvalue weighted by Gasteiger charge is 2.49. The fourth-order valence-corrected chi connectivity index (χ4v) is 4.04. The van der Waals surface area contributed by atoms with Gasteiger partial charge in [-0.05, 0) is 37.5 Å². The second-order valence-corrected chi connectivity index (χ2v) is 5.71. The van der Waals surface area contributed by atoms with Crippen LogP contribution in [0.2, 0.25) is 0 Å². The Morgan fingerprint density at radius 3 is 2.75 bits per heavy atom. The monoisotopic (exact) mass is 278 g/mol. The highest BCUT2D eigenvalue weighted by molar-refractivity contribution is 5.73. The van der Waals surface area contributed by atoms with E-state index < -0.39 is 11.2 Å². The Labute approximate surface area is 115 Å². The molecule has 1 N–H and O–H groups in total. The van der Waals surface area contributed by atoms with Crippen LogP contribution in [0.1, 0.15) is 31.7 Å². The van der Waals surface area contributed by atoms with Gasteiger partial charge in [-0.2, -0.15) is 0 Å². The van der Waals surface area contributed by atoms with Crippen LogP contribution in [-0.4, -0.2) is 22.6 Å². The van der Waals surface area contributed by atoms with Crippen molar-refractivity contribution in [3.8, 4) is 0 Å². The minimum Gasteiger partial charge on any atom is -0.469 e. The van der Waals surface area contributed by atoms with Crippen molar-refractivity contribution in [3.05, 3.63) is 33.1 Å². The second kappa shape index (κ2) is 4.92. The van der Waals surface area contributed by atoms with Crippen molar-refractivity contribution in [1.29, 1.82) is 0 Å². The molecule has 1 heterocycles. The van der Waals surface area contributed by atoms with Crippen LogP contribution in [0.5, 0.6) is 0 Å². The number of H-pyrrole nitrogens is 1. The Morgan fingerprint density at radius 1 is 1.30 bits per heavy atom. The zero-order chi connectivity index (χ0) is 14.3. The van der Waals surface area contributed by atoms with Crippen molar-refractivity contribution in [1.82, 2.24) is 9.55 Å². The van der Waals surface area contributed by atoms with Crippen LogP contribution in [0, 0.1) is 17.8 Å². The second-order valence-electron chi connectivity index (χ2n) is 5.71.